The summed E-state index contributed by atoms with van der Waals surface area (Å²) in [6, 6.07) is 5.03. The molecule has 0 atom stereocenters. The number of amides is 1. The summed E-state index contributed by atoms with van der Waals surface area (Å²) in [5.41, 5.74) is 0.769. The smallest absolute Gasteiger partial charge is 0.407 e. The molecule has 1 aromatic carbocycles. The average Bonchev–Trinajstić information content (AvgIpc) is 2.42. The molecule has 1 aromatic rings. The van der Waals surface area contributed by atoms with Crippen LogP contribution < -0.4 is 10.1 Å². The Kier molecular flexibility index (Phi) is 6.22. The van der Waals surface area contributed by atoms with Crippen LogP contribution in [0.2, 0.25) is 0 Å². The molecule has 0 aliphatic heterocycles. The van der Waals surface area contributed by atoms with E-state index >= 15 is 0 Å². The number of methoxy groups -OCH3 is 1. The van der Waals surface area contributed by atoms with Crippen molar-refractivity contribution in [3.8, 4) is 5.75 Å². The van der Waals surface area contributed by atoms with Gasteiger partial charge in [-0.3, -0.25) is 0 Å². The Morgan fingerprint density at radius 1 is 1.23 bits per heavy atom. The number of ether oxygens (including phenoxy) is 3. The van der Waals surface area contributed by atoms with Crippen LogP contribution in [-0.4, -0.2) is 37.9 Å². The molecule has 1 amide bonds. The molecule has 0 saturated carbocycles. The predicted octanol–water partition coefficient (Wildman–Crippen LogP) is 2.69. The van der Waals surface area contributed by atoms with Gasteiger partial charge >= 0.3 is 12.1 Å². The average molecular weight is 309 g/mol. The molecule has 1 N–H and O–H groups in total. The lowest BCUT2D eigenvalue weighted by atomic mass is 10.1. The molecule has 0 aromatic heterocycles. The highest BCUT2D eigenvalue weighted by atomic mass is 16.6. The zero-order valence-electron chi connectivity index (χ0n) is 13.7. The van der Waals surface area contributed by atoms with Crippen molar-refractivity contribution in [2.75, 3.05) is 20.3 Å². The van der Waals surface area contributed by atoms with Crippen molar-refractivity contribution in [3.63, 3.8) is 0 Å². The summed E-state index contributed by atoms with van der Waals surface area (Å²) in [4.78, 5) is 22.9. The summed E-state index contributed by atoms with van der Waals surface area (Å²) in [6.45, 7) is 7.87. The van der Waals surface area contributed by atoms with E-state index in [0.29, 0.717) is 24.5 Å². The molecule has 0 heterocycles. The number of benzene rings is 1. The van der Waals surface area contributed by atoms with Gasteiger partial charge in [0, 0.05) is 0 Å². The van der Waals surface area contributed by atoms with Gasteiger partial charge in [-0.1, -0.05) is 0 Å². The van der Waals surface area contributed by atoms with Gasteiger partial charge in [0.15, 0.2) is 0 Å². The van der Waals surface area contributed by atoms with Gasteiger partial charge in [-0.2, -0.15) is 0 Å². The standard InChI is InChI=1S/C16H23NO5/c1-11-10-12(14(18)20-5)6-7-13(11)21-9-8-17-15(19)22-16(2,3)4/h6-7,10H,8-9H2,1-5H3,(H,17,19). The summed E-state index contributed by atoms with van der Waals surface area (Å²) >= 11 is 0. The number of hydrogen-bond donors (Lipinski definition) is 1. The molecule has 0 radical (unpaired) electrons. The molecular weight excluding hydrogens is 286 g/mol. The van der Waals surface area contributed by atoms with Crippen LogP contribution in [0.3, 0.4) is 0 Å². The van der Waals surface area contributed by atoms with E-state index in [1.54, 1.807) is 39.0 Å². The number of nitrogens with one attached hydrogen (secondary N) is 1. The summed E-state index contributed by atoms with van der Waals surface area (Å²) in [5, 5.41) is 2.61. The van der Waals surface area contributed by atoms with Crippen LogP contribution in [-0.2, 0) is 9.47 Å². The Bertz CT molecular complexity index is 534. The molecule has 0 spiro atoms. The molecule has 6 nitrogen and oxygen atoms in total. The van der Waals surface area contributed by atoms with Crippen LogP contribution in [0, 0.1) is 6.92 Å². The number of esters is 1. The third-order valence-corrected chi connectivity index (χ3v) is 2.62. The Morgan fingerprint density at radius 2 is 1.91 bits per heavy atom. The lowest BCUT2D eigenvalue weighted by Crippen LogP contribution is -2.34. The highest BCUT2D eigenvalue weighted by Gasteiger charge is 2.15. The minimum Gasteiger partial charge on any atom is -0.491 e. The Balaban J connectivity index is 2.43. The van der Waals surface area contributed by atoms with Crippen LogP contribution in [0.15, 0.2) is 18.2 Å². The maximum Gasteiger partial charge on any atom is 0.407 e. The van der Waals surface area contributed by atoms with Crippen molar-refractivity contribution < 1.29 is 23.8 Å². The lowest BCUT2D eigenvalue weighted by molar-refractivity contribution is 0.0518. The van der Waals surface area contributed by atoms with Gasteiger partial charge in [0.25, 0.3) is 0 Å². The van der Waals surface area contributed by atoms with Gasteiger partial charge in [0.2, 0.25) is 0 Å². The van der Waals surface area contributed by atoms with E-state index in [0.717, 1.165) is 5.56 Å². The monoisotopic (exact) mass is 309 g/mol. The van der Waals surface area contributed by atoms with Crippen LogP contribution in [0.1, 0.15) is 36.7 Å². The predicted molar refractivity (Wildman–Crippen MR) is 82.3 cm³/mol. The molecule has 6 heteroatoms. The van der Waals surface area contributed by atoms with E-state index < -0.39 is 11.7 Å². The fourth-order valence-electron chi connectivity index (χ4n) is 1.68. The minimum absolute atomic E-state index is 0.303. The third kappa shape index (κ3) is 6.03. The number of alkyl carbamates (subject to hydrolysis) is 1. The first-order valence-corrected chi connectivity index (χ1v) is 7.01. The first kappa shape index (κ1) is 17.8. The van der Waals surface area contributed by atoms with Crippen molar-refractivity contribution in [1.82, 2.24) is 5.32 Å². The van der Waals surface area contributed by atoms with Crippen molar-refractivity contribution in [3.05, 3.63) is 29.3 Å². The van der Waals surface area contributed by atoms with Gasteiger partial charge in [-0.05, 0) is 51.5 Å². The van der Waals surface area contributed by atoms with Gasteiger partial charge < -0.3 is 19.5 Å². The largest absolute Gasteiger partial charge is 0.491 e. The first-order chi connectivity index (χ1) is 10.2. The van der Waals surface area contributed by atoms with Crippen molar-refractivity contribution in [2.45, 2.75) is 33.3 Å². The minimum atomic E-state index is -0.523. The molecule has 122 valence electrons. The van der Waals surface area contributed by atoms with Crippen LogP contribution in [0.5, 0.6) is 5.75 Å². The Labute approximate surface area is 130 Å². The summed E-state index contributed by atoms with van der Waals surface area (Å²) in [6.07, 6.45) is -0.478. The number of carbonyl (C=O) groups is 2. The van der Waals surface area contributed by atoms with Gasteiger partial charge in [0.1, 0.15) is 18.0 Å². The fraction of sp³-hybridized carbons (Fsp3) is 0.500. The molecular formula is C16H23NO5. The Hall–Kier alpha value is -2.24. The van der Waals surface area contributed by atoms with Crippen LogP contribution >= 0.6 is 0 Å². The SMILES string of the molecule is COC(=O)c1ccc(OCCNC(=O)OC(C)(C)C)c(C)c1. The molecule has 0 aliphatic rings. The second kappa shape index (κ2) is 7.68. The van der Waals surface area contributed by atoms with Crippen molar-refractivity contribution in [1.29, 1.82) is 0 Å². The summed E-state index contributed by atoms with van der Waals surface area (Å²) in [7, 11) is 1.34. The molecule has 0 bridgehead atoms. The quantitative estimate of drug-likeness (QED) is 0.668. The number of carbonyl (C=O) groups excluding carboxylic acids is 2. The normalized spacial score (nSPS) is 10.8. The first-order valence-electron chi connectivity index (χ1n) is 7.01. The zero-order chi connectivity index (χ0) is 16.8. The van der Waals surface area contributed by atoms with E-state index in [1.165, 1.54) is 7.11 Å². The highest BCUT2D eigenvalue weighted by Crippen LogP contribution is 2.19. The number of rotatable bonds is 5. The summed E-state index contributed by atoms with van der Waals surface area (Å²) < 4.78 is 15.3. The lowest BCUT2D eigenvalue weighted by Gasteiger charge is -2.19. The van der Waals surface area contributed by atoms with E-state index in [1.807, 2.05) is 6.92 Å². The van der Waals surface area contributed by atoms with Gasteiger partial charge in [-0.15, -0.1) is 0 Å². The third-order valence-electron chi connectivity index (χ3n) is 2.62. The molecule has 0 aliphatic carbocycles. The van der Waals surface area contributed by atoms with E-state index in [2.05, 4.69) is 10.1 Å². The topological polar surface area (TPSA) is 73.9 Å². The fourth-order valence-corrected chi connectivity index (χ4v) is 1.68. The summed E-state index contributed by atoms with van der Waals surface area (Å²) in [5.74, 6) is 0.264. The molecule has 0 fully saturated rings. The van der Waals surface area contributed by atoms with Crippen LogP contribution in [0.4, 0.5) is 4.79 Å². The highest BCUT2D eigenvalue weighted by molar-refractivity contribution is 5.89. The van der Waals surface area contributed by atoms with E-state index in [4.69, 9.17) is 9.47 Å². The molecule has 0 unspecified atom stereocenters. The molecule has 22 heavy (non-hydrogen) atoms. The van der Waals surface area contributed by atoms with Crippen LogP contribution in [0.25, 0.3) is 0 Å². The van der Waals surface area contributed by atoms with Crippen molar-refractivity contribution in [2.24, 2.45) is 0 Å². The van der Waals surface area contributed by atoms with Gasteiger partial charge in [-0.25, -0.2) is 9.59 Å². The van der Waals surface area contributed by atoms with Gasteiger partial charge in [0.05, 0.1) is 19.2 Å². The maximum absolute atomic E-state index is 11.4. The second-order valence-electron chi connectivity index (χ2n) is 5.75. The maximum atomic E-state index is 11.4. The number of hydrogen-bond acceptors (Lipinski definition) is 5. The number of aryl methyl sites for hydroxylation is 1. The Morgan fingerprint density at radius 3 is 2.45 bits per heavy atom. The molecule has 1 rings (SSSR count). The van der Waals surface area contributed by atoms with Crippen molar-refractivity contribution >= 4 is 12.1 Å². The second-order valence-corrected chi connectivity index (χ2v) is 5.75. The van der Waals surface area contributed by atoms with E-state index in [-0.39, 0.29) is 5.97 Å². The molecule has 0 saturated heterocycles. The van der Waals surface area contributed by atoms with E-state index in [9.17, 15) is 9.59 Å². The zero-order valence-corrected chi connectivity index (χ0v) is 13.7.